The molecule has 18 heavy (non-hydrogen) atoms. The minimum absolute atomic E-state index is 0.0836. The molecule has 1 amide bonds. The Hall–Kier alpha value is -1.29. The first-order valence-corrected chi connectivity index (χ1v) is 6.85. The van der Waals surface area contributed by atoms with E-state index in [0.29, 0.717) is 5.92 Å². The molecule has 2 rings (SSSR count). The first-order valence-electron chi connectivity index (χ1n) is 6.85. The van der Waals surface area contributed by atoms with Gasteiger partial charge in [-0.2, -0.15) is 0 Å². The summed E-state index contributed by atoms with van der Waals surface area (Å²) in [7, 11) is 1.88. The Balaban J connectivity index is 2.13. The van der Waals surface area contributed by atoms with Crippen LogP contribution < -0.4 is 10.6 Å². The van der Waals surface area contributed by atoms with Crippen molar-refractivity contribution in [3.8, 4) is 0 Å². The van der Waals surface area contributed by atoms with Gasteiger partial charge in [-0.15, -0.1) is 0 Å². The number of rotatable bonds is 3. The van der Waals surface area contributed by atoms with Gasteiger partial charge in [0.25, 0.3) is 5.91 Å². The van der Waals surface area contributed by atoms with E-state index in [1.54, 1.807) is 6.08 Å². The van der Waals surface area contributed by atoms with Crippen LogP contribution in [0.25, 0.3) is 0 Å². The average Bonchev–Trinajstić information content (AvgIpc) is 2.52. The first-order chi connectivity index (χ1) is 8.72. The van der Waals surface area contributed by atoms with E-state index in [0.717, 1.165) is 31.8 Å². The maximum Gasteiger partial charge on any atom is 0.252 e. The predicted octanol–water partition coefficient (Wildman–Crippen LogP) is 1.23. The van der Waals surface area contributed by atoms with Gasteiger partial charge in [0.15, 0.2) is 0 Å². The highest BCUT2D eigenvalue weighted by atomic mass is 16.2. The van der Waals surface area contributed by atoms with Gasteiger partial charge in [-0.3, -0.25) is 4.79 Å². The molecule has 1 unspecified atom stereocenters. The molecule has 1 fully saturated rings. The zero-order valence-electron chi connectivity index (χ0n) is 11.3. The molecule has 4 heteroatoms. The van der Waals surface area contributed by atoms with Crippen LogP contribution in [0.3, 0.4) is 0 Å². The number of carbonyl (C=O) groups is 1. The van der Waals surface area contributed by atoms with E-state index < -0.39 is 0 Å². The third kappa shape index (κ3) is 2.93. The van der Waals surface area contributed by atoms with Gasteiger partial charge in [0, 0.05) is 49.9 Å². The van der Waals surface area contributed by atoms with E-state index in [1.807, 2.05) is 11.9 Å². The van der Waals surface area contributed by atoms with Crippen molar-refractivity contribution in [2.24, 2.45) is 5.92 Å². The van der Waals surface area contributed by atoms with Gasteiger partial charge in [0.2, 0.25) is 0 Å². The molecule has 2 heterocycles. The Bertz CT molecular complexity index is 367. The Morgan fingerprint density at radius 1 is 1.56 bits per heavy atom. The molecule has 2 aliphatic heterocycles. The van der Waals surface area contributed by atoms with Gasteiger partial charge in [0.05, 0.1) is 0 Å². The fourth-order valence-corrected chi connectivity index (χ4v) is 2.68. The lowest BCUT2D eigenvalue weighted by Crippen LogP contribution is -2.36. The topological polar surface area (TPSA) is 44.4 Å². The molecule has 0 aliphatic carbocycles. The summed E-state index contributed by atoms with van der Waals surface area (Å²) in [5.74, 6) is 0.558. The van der Waals surface area contributed by atoms with Gasteiger partial charge >= 0.3 is 0 Å². The molecule has 0 aromatic rings. The highest BCUT2D eigenvalue weighted by Gasteiger charge is 2.24. The predicted molar refractivity (Wildman–Crippen MR) is 72.8 cm³/mol. The molecule has 4 nitrogen and oxygen atoms in total. The number of likely N-dealkylation sites (N-methyl/N-ethyl adjacent to an activating group) is 1. The first kappa shape index (κ1) is 13.1. The van der Waals surface area contributed by atoms with Crippen molar-refractivity contribution in [3.63, 3.8) is 0 Å². The van der Waals surface area contributed by atoms with Crippen molar-refractivity contribution < 1.29 is 4.79 Å². The number of nitrogens with zero attached hydrogens (tertiary/aromatic N) is 1. The van der Waals surface area contributed by atoms with E-state index in [1.165, 1.54) is 18.5 Å². The normalized spacial score (nSPS) is 25.3. The second kappa shape index (κ2) is 6.05. The summed E-state index contributed by atoms with van der Waals surface area (Å²) in [5.41, 5.74) is 2.20. The second-order valence-electron chi connectivity index (χ2n) is 4.97. The number of piperidine rings is 1. The van der Waals surface area contributed by atoms with Crippen LogP contribution in [-0.2, 0) is 4.79 Å². The molecule has 2 N–H and O–H groups in total. The average molecular weight is 249 g/mol. The van der Waals surface area contributed by atoms with E-state index >= 15 is 0 Å². The van der Waals surface area contributed by atoms with Crippen molar-refractivity contribution in [1.82, 2.24) is 15.5 Å². The summed E-state index contributed by atoms with van der Waals surface area (Å²) >= 11 is 0. The van der Waals surface area contributed by atoms with Crippen LogP contribution in [-0.4, -0.2) is 37.5 Å². The third-order valence-electron chi connectivity index (χ3n) is 3.67. The Kier molecular flexibility index (Phi) is 4.42. The van der Waals surface area contributed by atoms with Crippen LogP contribution in [0.5, 0.6) is 0 Å². The minimum atomic E-state index is 0.0836. The van der Waals surface area contributed by atoms with Crippen LogP contribution in [0, 0.1) is 5.92 Å². The molecule has 0 spiro atoms. The van der Waals surface area contributed by atoms with Crippen LogP contribution in [0.1, 0.15) is 26.2 Å². The highest BCUT2D eigenvalue weighted by Crippen LogP contribution is 2.25. The molecule has 100 valence electrons. The minimum Gasteiger partial charge on any atom is -0.388 e. The summed E-state index contributed by atoms with van der Waals surface area (Å²) < 4.78 is 0. The summed E-state index contributed by atoms with van der Waals surface area (Å²) in [5, 5.41) is 6.67. The number of nitrogens with one attached hydrogen (secondary N) is 2. The maximum absolute atomic E-state index is 12.1. The largest absolute Gasteiger partial charge is 0.388 e. The van der Waals surface area contributed by atoms with Gasteiger partial charge in [-0.1, -0.05) is 6.08 Å². The standard InChI is InChI=1S/C14H23N3O/c1-3-16-12-6-7-13(17(2)14(18)9-12)11-5-4-8-15-10-11/h7,9,11,15-16H,3-6,8,10H2,1-2H3. The number of amides is 1. The molecule has 0 aromatic heterocycles. The summed E-state index contributed by atoms with van der Waals surface area (Å²) in [6, 6.07) is 0. The Morgan fingerprint density at radius 2 is 2.39 bits per heavy atom. The lowest BCUT2D eigenvalue weighted by atomic mass is 9.94. The van der Waals surface area contributed by atoms with Crippen molar-refractivity contribution >= 4 is 5.91 Å². The molecular weight excluding hydrogens is 226 g/mol. The van der Waals surface area contributed by atoms with Crippen LogP contribution >= 0.6 is 0 Å². The number of allylic oxidation sites excluding steroid dienone is 1. The Labute approximate surface area is 109 Å². The number of hydrogen-bond acceptors (Lipinski definition) is 3. The van der Waals surface area contributed by atoms with Crippen molar-refractivity contribution in [1.29, 1.82) is 0 Å². The van der Waals surface area contributed by atoms with E-state index in [2.05, 4.69) is 23.6 Å². The Morgan fingerprint density at radius 3 is 3.06 bits per heavy atom. The zero-order valence-corrected chi connectivity index (χ0v) is 11.3. The summed E-state index contributed by atoms with van der Waals surface area (Å²) in [4.78, 5) is 13.9. The van der Waals surface area contributed by atoms with Gasteiger partial charge < -0.3 is 15.5 Å². The highest BCUT2D eigenvalue weighted by molar-refractivity contribution is 5.90. The number of hydrogen-bond donors (Lipinski definition) is 2. The van der Waals surface area contributed by atoms with E-state index in [4.69, 9.17) is 0 Å². The van der Waals surface area contributed by atoms with Gasteiger partial charge in [-0.25, -0.2) is 0 Å². The fourth-order valence-electron chi connectivity index (χ4n) is 2.68. The van der Waals surface area contributed by atoms with Gasteiger partial charge in [0.1, 0.15) is 0 Å². The summed E-state index contributed by atoms with van der Waals surface area (Å²) in [6.07, 6.45) is 7.13. The summed E-state index contributed by atoms with van der Waals surface area (Å²) in [6.45, 7) is 4.99. The molecule has 1 atom stereocenters. The molecule has 1 saturated heterocycles. The van der Waals surface area contributed by atoms with E-state index in [9.17, 15) is 4.79 Å². The van der Waals surface area contributed by atoms with Crippen molar-refractivity contribution in [2.45, 2.75) is 26.2 Å². The maximum atomic E-state index is 12.1. The van der Waals surface area contributed by atoms with Crippen LogP contribution in [0.2, 0.25) is 0 Å². The lowest BCUT2D eigenvalue weighted by Gasteiger charge is -2.30. The van der Waals surface area contributed by atoms with Crippen LogP contribution in [0.4, 0.5) is 0 Å². The number of carbonyl (C=O) groups excluding carboxylic acids is 1. The fraction of sp³-hybridized carbons (Fsp3) is 0.643. The second-order valence-corrected chi connectivity index (χ2v) is 4.97. The lowest BCUT2D eigenvalue weighted by molar-refractivity contribution is -0.123. The van der Waals surface area contributed by atoms with Crippen LogP contribution in [0.15, 0.2) is 23.5 Å². The van der Waals surface area contributed by atoms with Gasteiger partial charge in [-0.05, 0) is 26.3 Å². The van der Waals surface area contributed by atoms with E-state index in [-0.39, 0.29) is 5.91 Å². The van der Waals surface area contributed by atoms with Crippen molar-refractivity contribution in [3.05, 3.63) is 23.5 Å². The quantitative estimate of drug-likeness (QED) is 0.790. The zero-order chi connectivity index (χ0) is 13.0. The SMILES string of the molecule is CCNC1=CC(=O)N(C)C(C2CCCNC2)=CC1. The monoisotopic (exact) mass is 249 g/mol. The molecule has 2 aliphatic rings. The van der Waals surface area contributed by atoms with Crippen molar-refractivity contribution in [2.75, 3.05) is 26.7 Å². The molecular formula is C14H23N3O. The molecule has 0 radical (unpaired) electrons. The smallest absolute Gasteiger partial charge is 0.252 e. The molecule has 0 bridgehead atoms. The molecule has 0 aromatic carbocycles. The molecule has 0 saturated carbocycles. The third-order valence-corrected chi connectivity index (χ3v) is 3.67.